The first kappa shape index (κ1) is 14.3. The van der Waals surface area contributed by atoms with Gasteiger partial charge in [-0.25, -0.2) is 0 Å². The molecule has 0 saturated carbocycles. The zero-order chi connectivity index (χ0) is 14.7. The highest BCUT2D eigenvalue weighted by atomic mass is 16.6. The monoisotopic (exact) mass is 285 g/mol. The van der Waals surface area contributed by atoms with Crippen molar-refractivity contribution >= 4 is 12.0 Å². The molecule has 0 aliphatic carbocycles. The van der Waals surface area contributed by atoms with Crippen molar-refractivity contribution in [1.82, 2.24) is 4.90 Å². The summed E-state index contributed by atoms with van der Waals surface area (Å²) in [4.78, 5) is 14.0. The minimum atomic E-state index is -0.0216. The van der Waals surface area contributed by atoms with Crippen molar-refractivity contribution in [3.63, 3.8) is 0 Å². The van der Waals surface area contributed by atoms with Crippen LogP contribution < -0.4 is 0 Å². The van der Waals surface area contributed by atoms with Crippen LogP contribution in [0.25, 0.3) is 6.08 Å². The third-order valence-corrected chi connectivity index (χ3v) is 4.55. The lowest BCUT2D eigenvalue weighted by Crippen LogP contribution is -2.39. The molecule has 1 aromatic rings. The van der Waals surface area contributed by atoms with E-state index in [1.165, 1.54) is 12.0 Å². The highest BCUT2D eigenvalue weighted by Crippen LogP contribution is 2.30. The summed E-state index contributed by atoms with van der Waals surface area (Å²) in [5.41, 5.74) is 1.23. The van der Waals surface area contributed by atoms with Crippen LogP contribution in [0, 0.1) is 5.92 Å². The molecule has 1 aromatic carbocycles. The smallest absolute Gasteiger partial charge is 0.309 e. The number of carbonyl (C=O) groups is 1. The van der Waals surface area contributed by atoms with Gasteiger partial charge in [-0.1, -0.05) is 49.4 Å². The van der Waals surface area contributed by atoms with E-state index >= 15 is 0 Å². The van der Waals surface area contributed by atoms with Gasteiger partial charge >= 0.3 is 5.97 Å². The van der Waals surface area contributed by atoms with Crippen LogP contribution in [0.2, 0.25) is 0 Å². The first-order valence-electron chi connectivity index (χ1n) is 7.90. The van der Waals surface area contributed by atoms with Gasteiger partial charge in [-0.15, -0.1) is 0 Å². The zero-order valence-corrected chi connectivity index (χ0v) is 12.6. The molecule has 0 amide bonds. The lowest BCUT2D eigenvalue weighted by atomic mass is 10.0. The third kappa shape index (κ3) is 3.35. The normalized spacial score (nSPS) is 30.1. The van der Waals surface area contributed by atoms with Crippen molar-refractivity contribution in [2.45, 2.75) is 38.3 Å². The Balaban J connectivity index is 1.57. The number of benzene rings is 1. The van der Waals surface area contributed by atoms with Crippen molar-refractivity contribution in [2.24, 2.45) is 5.92 Å². The molecule has 2 aliphatic heterocycles. The predicted octanol–water partition coefficient (Wildman–Crippen LogP) is 3.12. The van der Waals surface area contributed by atoms with Crippen molar-refractivity contribution in [1.29, 1.82) is 0 Å². The molecule has 3 atom stereocenters. The molecule has 2 aliphatic rings. The fourth-order valence-corrected chi connectivity index (χ4v) is 3.38. The quantitative estimate of drug-likeness (QED) is 0.796. The van der Waals surface area contributed by atoms with Crippen molar-refractivity contribution in [2.75, 3.05) is 13.1 Å². The molecular formula is C18H23NO2. The second kappa shape index (κ2) is 6.44. The van der Waals surface area contributed by atoms with E-state index in [-0.39, 0.29) is 18.0 Å². The van der Waals surface area contributed by atoms with E-state index < -0.39 is 0 Å². The maximum atomic E-state index is 11.6. The molecule has 3 nitrogen and oxygen atoms in total. The van der Waals surface area contributed by atoms with Crippen molar-refractivity contribution in [3.8, 4) is 0 Å². The number of carbonyl (C=O) groups excluding carboxylic acids is 1. The topological polar surface area (TPSA) is 29.5 Å². The summed E-state index contributed by atoms with van der Waals surface area (Å²) in [5, 5.41) is 0. The average Bonchev–Trinajstić information content (AvgIpc) is 3.08. The Labute approximate surface area is 126 Å². The summed E-state index contributed by atoms with van der Waals surface area (Å²) in [6, 6.07) is 10.8. The van der Waals surface area contributed by atoms with Crippen LogP contribution in [0.5, 0.6) is 0 Å². The zero-order valence-electron chi connectivity index (χ0n) is 12.6. The van der Waals surface area contributed by atoms with E-state index in [1.54, 1.807) is 0 Å². The van der Waals surface area contributed by atoms with Crippen molar-refractivity contribution < 1.29 is 9.53 Å². The molecule has 112 valence electrons. The van der Waals surface area contributed by atoms with Crippen LogP contribution in [-0.2, 0) is 9.53 Å². The maximum absolute atomic E-state index is 11.6. The SMILES string of the molecule is C[C@H]1C[C@H]([C@@H]2CCCN2C/C=C/c2ccccc2)OC1=O. The van der Waals surface area contributed by atoms with Gasteiger partial charge in [-0.3, -0.25) is 9.69 Å². The van der Waals surface area contributed by atoms with E-state index in [0.29, 0.717) is 6.04 Å². The van der Waals surface area contributed by atoms with Gasteiger partial charge in [0.2, 0.25) is 0 Å². The average molecular weight is 285 g/mol. The van der Waals surface area contributed by atoms with Gasteiger partial charge in [0, 0.05) is 12.6 Å². The molecule has 3 heteroatoms. The summed E-state index contributed by atoms with van der Waals surface area (Å²) >= 11 is 0. The summed E-state index contributed by atoms with van der Waals surface area (Å²) in [6.45, 7) is 4.01. The Morgan fingerprint density at radius 2 is 2.14 bits per heavy atom. The summed E-state index contributed by atoms with van der Waals surface area (Å²) < 4.78 is 5.55. The second-order valence-corrected chi connectivity index (χ2v) is 6.13. The third-order valence-electron chi connectivity index (χ3n) is 4.55. The number of cyclic esters (lactones) is 1. The number of hydrogen-bond acceptors (Lipinski definition) is 3. The van der Waals surface area contributed by atoms with E-state index in [4.69, 9.17) is 4.74 Å². The maximum Gasteiger partial charge on any atom is 0.309 e. The first-order chi connectivity index (χ1) is 10.2. The number of hydrogen-bond donors (Lipinski definition) is 0. The first-order valence-corrected chi connectivity index (χ1v) is 7.90. The molecular weight excluding hydrogens is 262 g/mol. The fraction of sp³-hybridized carbons (Fsp3) is 0.500. The summed E-state index contributed by atoms with van der Waals surface area (Å²) in [5.74, 6) is 0.0454. The lowest BCUT2D eigenvalue weighted by Gasteiger charge is -2.27. The van der Waals surface area contributed by atoms with Crippen LogP contribution >= 0.6 is 0 Å². The van der Waals surface area contributed by atoms with Crippen LogP contribution in [0.3, 0.4) is 0 Å². The summed E-state index contributed by atoms with van der Waals surface area (Å²) in [7, 11) is 0. The minimum Gasteiger partial charge on any atom is -0.460 e. The largest absolute Gasteiger partial charge is 0.460 e. The number of ether oxygens (including phenoxy) is 1. The van der Waals surface area contributed by atoms with Gasteiger partial charge in [0.15, 0.2) is 0 Å². The molecule has 0 radical (unpaired) electrons. The molecule has 0 aromatic heterocycles. The van der Waals surface area contributed by atoms with Crippen molar-refractivity contribution in [3.05, 3.63) is 42.0 Å². The lowest BCUT2D eigenvalue weighted by molar-refractivity contribution is -0.145. The number of esters is 1. The molecule has 0 bridgehead atoms. The number of likely N-dealkylation sites (tertiary alicyclic amines) is 1. The Hall–Kier alpha value is -1.61. The Morgan fingerprint density at radius 1 is 1.33 bits per heavy atom. The highest BCUT2D eigenvalue weighted by molar-refractivity contribution is 5.74. The summed E-state index contributed by atoms with van der Waals surface area (Å²) in [6.07, 6.45) is 7.70. The van der Waals surface area contributed by atoms with Crippen LogP contribution in [0.15, 0.2) is 36.4 Å². The molecule has 2 fully saturated rings. The molecule has 0 unspecified atom stereocenters. The van der Waals surface area contributed by atoms with Crippen LogP contribution in [-0.4, -0.2) is 36.1 Å². The van der Waals surface area contributed by atoms with E-state index in [0.717, 1.165) is 25.9 Å². The minimum absolute atomic E-state index is 0.0216. The number of nitrogens with zero attached hydrogens (tertiary/aromatic N) is 1. The van der Waals surface area contributed by atoms with Gasteiger partial charge in [-0.2, -0.15) is 0 Å². The second-order valence-electron chi connectivity index (χ2n) is 6.13. The molecule has 2 heterocycles. The Kier molecular flexibility index (Phi) is 4.39. The molecule has 2 saturated heterocycles. The van der Waals surface area contributed by atoms with E-state index in [2.05, 4.69) is 41.3 Å². The highest BCUT2D eigenvalue weighted by Gasteiger charge is 2.40. The molecule has 0 N–H and O–H groups in total. The van der Waals surface area contributed by atoms with Gasteiger partial charge in [0.05, 0.1) is 5.92 Å². The van der Waals surface area contributed by atoms with Gasteiger partial charge in [0.25, 0.3) is 0 Å². The van der Waals surface area contributed by atoms with E-state index in [1.807, 2.05) is 13.0 Å². The van der Waals surface area contributed by atoms with Gasteiger partial charge < -0.3 is 4.74 Å². The van der Waals surface area contributed by atoms with Gasteiger partial charge in [-0.05, 0) is 31.4 Å². The Bertz CT molecular complexity index is 511. The standard InChI is InChI=1S/C18H23NO2/c1-14-13-17(21-18(14)20)16-10-6-12-19(16)11-5-9-15-7-3-2-4-8-15/h2-5,7-9,14,16-17H,6,10-13H2,1H3/b9-5+/t14-,16-,17+/m0/s1. The molecule has 21 heavy (non-hydrogen) atoms. The van der Waals surface area contributed by atoms with Crippen LogP contribution in [0.4, 0.5) is 0 Å². The van der Waals surface area contributed by atoms with E-state index in [9.17, 15) is 4.79 Å². The van der Waals surface area contributed by atoms with Gasteiger partial charge in [0.1, 0.15) is 6.10 Å². The predicted molar refractivity (Wildman–Crippen MR) is 83.7 cm³/mol. The molecule has 0 spiro atoms. The number of rotatable bonds is 4. The van der Waals surface area contributed by atoms with Crippen LogP contribution in [0.1, 0.15) is 31.7 Å². The fourth-order valence-electron chi connectivity index (χ4n) is 3.38. The Morgan fingerprint density at radius 3 is 2.86 bits per heavy atom. The molecule has 3 rings (SSSR count).